The Morgan fingerprint density at radius 1 is 1.11 bits per heavy atom. The van der Waals surface area contributed by atoms with Crippen LogP contribution in [0.15, 0.2) is 51.7 Å². The Morgan fingerprint density at radius 3 is 2.44 bits per heavy atom. The lowest BCUT2D eigenvalue weighted by Gasteiger charge is -2.23. The van der Waals surface area contributed by atoms with Gasteiger partial charge in [0.15, 0.2) is 0 Å². The van der Waals surface area contributed by atoms with Gasteiger partial charge in [0, 0.05) is 27.2 Å². The summed E-state index contributed by atoms with van der Waals surface area (Å²) in [6.07, 6.45) is -0.159. The van der Waals surface area contributed by atoms with Gasteiger partial charge in [0.2, 0.25) is 0 Å². The standard InChI is InChI=1S/C27H29Br2NO6/c1-15(2)23(30-27(33)34-14-18-8-6-5-7-9-18)26(32)36-24-17(4)25-21(16(3)10-22(31)35-25)12-19(24)11-20(29)13-28/h5-10,12,15,20,23H,11,13-14H2,1-4H3,(H,30,33)/t20?,23-/m1/s1. The van der Waals surface area contributed by atoms with Crippen LogP contribution in [0.2, 0.25) is 0 Å². The molecule has 1 unspecified atom stereocenters. The normalized spacial score (nSPS) is 12.9. The average Bonchev–Trinajstić information content (AvgIpc) is 2.84. The predicted molar refractivity (Wildman–Crippen MR) is 146 cm³/mol. The van der Waals surface area contributed by atoms with Gasteiger partial charge < -0.3 is 19.2 Å². The second-order valence-corrected chi connectivity index (χ2v) is 10.9. The van der Waals surface area contributed by atoms with Crippen LogP contribution >= 0.6 is 31.9 Å². The lowest BCUT2D eigenvalue weighted by Crippen LogP contribution is -2.46. The summed E-state index contributed by atoms with van der Waals surface area (Å²) in [5.74, 6) is -0.584. The molecule has 0 radical (unpaired) electrons. The van der Waals surface area contributed by atoms with E-state index in [2.05, 4.69) is 37.2 Å². The highest BCUT2D eigenvalue weighted by molar-refractivity contribution is 9.12. The van der Waals surface area contributed by atoms with Crippen molar-refractivity contribution in [1.29, 1.82) is 0 Å². The zero-order valence-electron chi connectivity index (χ0n) is 20.6. The van der Waals surface area contributed by atoms with Crippen molar-refractivity contribution in [2.45, 2.75) is 51.6 Å². The van der Waals surface area contributed by atoms with Gasteiger partial charge in [-0.2, -0.15) is 0 Å². The van der Waals surface area contributed by atoms with E-state index in [1.165, 1.54) is 6.07 Å². The molecule has 9 heteroatoms. The van der Waals surface area contributed by atoms with Crippen LogP contribution in [0.1, 0.15) is 36.1 Å². The number of esters is 1. The van der Waals surface area contributed by atoms with E-state index < -0.39 is 23.7 Å². The second kappa shape index (κ2) is 12.5. The minimum Gasteiger partial charge on any atom is -0.445 e. The maximum Gasteiger partial charge on any atom is 0.408 e. The Hall–Kier alpha value is -2.65. The third-order valence-electron chi connectivity index (χ3n) is 5.72. The highest BCUT2D eigenvalue weighted by Crippen LogP contribution is 2.34. The molecule has 3 rings (SSSR count). The minimum absolute atomic E-state index is 0.0785. The zero-order valence-corrected chi connectivity index (χ0v) is 23.8. The van der Waals surface area contributed by atoms with Gasteiger partial charge in [-0.25, -0.2) is 14.4 Å². The number of halogens is 2. The molecular weight excluding hydrogens is 594 g/mol. The summed E-state index contributed by atoms with van der Waals surface area (Å²) in [5.41, 5.74) is 2.82. The zero-order chi connectivity index (χ0) is 26.4. The number of alkyl halides is 2. The van der Waals surface area contributed by atoms with Gasteiger partial charge in [0.1, 0.15) is 24.0 Å². The number of ether oxygens (including phenoxy) is 2. The number of fused-ring (bicyclic) bond motifs is 1. The van der Waals surface area contributed by atoms with Gasteiger partial charge in [0.25, 0.3) is 0 Å². The minimum atomic E-state index is -0.948. The van der Waals surface area contributed by atoms with E-state index in [4.69, 9.17) is 13.9 Å². The molecule has 192 valence electrons. The lowest BCUT2D eigenvalue weighted by atomic mass is 9.99. The molecule has 0 spiro atoms. The van der Waals surface area contributed by atoms with Crippen molar-refractivity contribution in [2.24, 2.45) is 5.92 Å². The van der Waals surface area contributed by atoms with Crippen LogP contribution in [-0.4, -0.2) is 28.3 Å². The Labute approximate surface area is 226 Å². The summed E-state index contributed by atoms with van der Waals surface area (Å²) in [7, 11) is 0. The summed E-state index contributed by atoms with van der Waals surface area (Å²) in [4.78, 5) is 37.9. The molecule has 1 N–H and O–H groups in total. The van der Waals surface area contributed by atoms with Crippen LogP contribution in [0.4, 0.5) is 4.79 Å². The van der Waals surface area contributed by atoms with Crippen molar-refractivity contribution in [3.63, 3.8) is 0 Å². The van der Waals surface area contributed by atoms with Gasteiger partial charge in [-0.1, -0.05) is 76.0 Å². The SMILES string of the molecule is Cc1cc(=O)oc2c(C)c(OC(=O)[C@H](NC(=O)OCc3ccccc3)C(C)C)c(CC(Br)CBr)cc12. The van der Waals surface area contributed by atoms with Crippen LogP contribution in [0.25, 0.3) is 11.0 Å². The molecular formula is C27H29Br2NO6. The summed E-state index contributed by atoms with van der Waals surface area (Å²) in [6.45, 7) is 7.28. The Bertz CT molecular complexity index is 1290. The Morgan fingerprint density at radius 2 is 1.81 bits per heavy atom. The first-order valence-corrected chi connectivity index (χ1v) is 13.6. The van der Waals surface area contributed by atoms with Crippen molar-refractivity contribution >= 4 is 54.9 Å². The van der Waals surface area contributed by atoms with E-state index in [1.807, 2.05) is 43.3 Å². The number of carbonyl (C=O) groups is 2. The van der Waals surface area contributed by atoms with E-state index in [0.717, 1.165) is 22.1 Å². The number of rotatable bonds is 9. The van der Waals surface area contributed by atoms with Crippen LogP contribution < -0.4 is 15.7 Å². The monoisotopic (exact) mass is 621 g/mol. The molecule has 1 heterocycles. The topological polar surface area (TPSA) is 94.8 Å². The van der Waals surface area contributed by atoms with E-state index >= 15 is 0 Å². The number of carbonyl (C=O) groups excluding carboxylic acids is 2. The molecule has 2 aromatic carbocycles. The molecule has 36 heavy (non-hydrogen) atoms. The number of amides is 1. The van der Waals surface area contributed by atoms with E-state index in [9.17, 15) is 14.4 Å². The maximum absolute atomic E-state index is 13.3. The van der Waals surface area contributed by atoms with Gasteiger partial charge in [-0.15, -0.1) is 0 Å². The lowest BCUT2D eigenvalue weighted by molar-refractivity contribution is -0.137. The van der Waals surface area contributed by atoms with Crippen LogP contribution in [0.5, 0.6) is 5.75 Å². The fraction of sp³-hybridized carbons (Fsp3) is 0.370. The Kier molecular flexibility index (Phi) is 9.73. The third kappa shape index (κ3) is 6.97. The summed E-state index contributed by atoms with van der Waals surface area (Å²) in [6, 6.07) is 11.6. The van der Waals surface area contributed by atoms with E-state index in [1.54, 1.807) is 20.8 Å². The summed E-state index contributed by atoms with van der Waals surface area (Å²) < 4.78 is 16.6. The second-order valence-electron chi connectivity index (χ2n) is 8.92. The summed E-state index contributed by atoms with van der Waals surface area (Å²) in [5, 5.41) is 4.09. The molecule has 1 amide bonds. The molecule has 1 aromatic heterocycles. The quantitative estimate of drug-likeness (QED) is 0.137. The van der Waals surface area contributed by atoms with E-state index in [-0.39, 0.29) is 17.4 Å². The number of nitrogens with one attached hydrogen (secondary N) is 1. The molecule has 0 saturated carbocycles. The van der Waals surface area contributed by atoms with Gasteiger partial charge in [0.05, 0.1) is 0 Å². The van der Waals surface area contributed by atoms with Crippen molar-refractivity contribution in [3.05, 3.63) is 75.1 Å². The molecule has 0 aliphatic rings. The largest absolute Gasteiger partial charge is 0.445 e. The molecule has 0 aliphatic carbocycles. The van der Waals surface area contributed by atoms with Crippen molar-refractivity contribution in [2.75, 3.05) is 5.33 Å². The van der Waals surface area contributed by atoms with Gasteiger partial charge >= 0.3 is 17.7 Å². The van der Waals surface area contributed by atoms with E-state index in [0.29, 0.717) is 28.6 Å². The fourth-order valence-electron chi connectivity index (χ4n) is 3.80. The van der Waals surface area contributed by atoms with Crippen molar-refractivity contribution < 1.29 is 23.5 Å². The smallest absolute Gasteiger partial charge is 0.408 e. The Balaban J connectivity index is 1.88. The van der Waals surface area contributed by atoms with Crippen LogP contribution in [-0.2, 0) is 22.6 Å². The van der Waals surface area contributed by atoms with Crippen LogP contribution in [0, 0.1) is 19.8 Å². The molecule has 7 nitrogen and oxygen atoms in total. The van der Waals surface area contributed by atoms with Gasteiger partial charge in [-0.3, -0.25) is 0 Å². The highest BCUT2D eigenvalue weighted by Gasteiger charge is 2.29. The van der Waals surface area contributed by atoms with Gasteiger partial charge in [-0.05, 0) is 48.9 Å². The number of hydrogen-bond acceptors (Lipinski definition) is 6. The highest BCUT2D eigenvalue weighted by atomic mass is 79.9. The summed E-state index contributed by atoms with van der Waals surface area (Å²) >= 11 is 7.08. The molecule has 0 fully saturated rings. The molecule has 2 atom stereocenters. The first kappa shape index (κ1) is 27.9. The molecule has 0 aliphatic heterocycles. The van der Waals surface area contributed by atoms with Crippen molar-refractivity contribution in [3.8, 4) is 5.75 Å². The average molecular weight is 623 g/mol. The van der Waals surface area contributed by atoms with Crippen LogP contribution in [0.3, 0.4) is 0 Å². The number of alkyl carbamates (subject to hydrolysis) is 1. The molecule has 0 bridgehead atoms. The fourth-order valence-corrected chi connectivity index (χ4v) is 4.38. The predicted octanol–water partition coefficient (Wildman–Crippen LogP) is 5.97. The maximum atomic E-state index is 13.3. The first-order valence-electron chi connectivity index (χ1n) is 11.6. The first-order chi connectivity index (χ1) is 17.1. The molecule has 3 aromatic rings. The molecule has 0 saturated heterocycles. The van der Waals surface area contributed by atoms with Crippen molar-refractivity contribution in [1.82, 2.24) is 5.32 Å². The number of benzene rings is 2. The number of hydrogen-bond donors (Lipinski definition) is 1. The number of aryl methyl sites for hydroxylation is 2. The third-order valence-corrected chi connectivity index (χ3v) is 8.01.